The first-order valence-electron chi connectivity index (χ1n) is 12.8. The SMILES string of the molecule is CCN1C(=O)CCc2ccc(NC(=O)c3ccc(-c4ccccc4)c(CN4CCCCC4)c3)cc21.Cl. The molecule has 36 heavy (non-hydrogen) atoms. The Kier molecular flexibility index (Phi) is 8.44. The molecule has 5 rings (SSSR count). The van der Waals surface area contributed by atoms with E-state index in [-0.39, 0.29) is 24.2 Å². The smallest absolute Gasteiger partial charge is 0.255 e. The quantitative estimate of drug-likeness (QED) is 0.428. The minimum absolute atomic E-state index is 0. The summed E-state index contributed by atoms with van der Waals surface area (Å²) in [4.78, 5) is 29.9. The van der Waals surface area contributed by atoms with Crippen LogP contribution in [-0.2, 0) is 17.8 Å². The molecule has 2 heterocycles. The van der Waals surface area contributed by atoms with Gasteiger partial charge in [0.2, 0.25) is 5.91 Å². The van der Waals surface area contributed by atoms with Crippen molar-refractivity contribution in [2.75, 3.05) is 29.9 Å². The number of likely N-dealkylation sites (tertiary alicyclic amines) is 1. The van der Waals surface area contributed by atoms with Crippen molar-refractivity contribution < 1.29 is 9.59 Å². The van der Waals surface area contributed by atoms with Gasteiger partial charge in [-0.25, -0.2) is 0 Å². The van der Waals surface area contributed by atoms with Gasteiger partial charge in [-0.3, -0.25) is 14.5 Å². The molecule has 2 aliphatic rings. The lowest BCUT2D eigenvalue weighted by Crippen LogP contribution is -2.34. The van der Waals surface area contributed by atoms with Crippen LogP contribution in [0.5, 0.6) is 0 Å². The highest BCUT2D eigenvalue weighted by Gasteiger charge is 2.23. The number of hydrogen-bond donors (Lipinski definition) is 1. The summed E-state index contributed by atoms with van der Waals surface area (Å²) in [6.07, 6.45) is 5.05. The number of fused-ring (bicyclic) bond motifs is 1. The van der Waals surface area contributed by atoms with Gasteiger partial charge in [-0.05, 0) is 85.8 Å². The van der Waals surface area contributed by atoms with E-state index in [1.807, 2.05) is 43.3 Å². The van der Waals surface area contributed by atoms with Crippen LogP contribution < -0.4 is 10.2 Å². The lowest BCUT2D eigenvalue weighted by atomic mass is 9.96. The molecule has 0 aliphatic carbocycles. The molecule has 2 amide bonds. The number of carbonyl (C=O) groups excluding carboxylic acids is 2. The zero-order valence-corrected chi connectivity index (χ0v) is 21.7. The van der Waals surface area contributed by atoms with Crippen LogP contribution >= 0.6 is 12.4 Å². The number of hydrogen-bond acceptors (Lipinski definition) is 3. The van der Waals surface area contributed by atoms with Crippen molar-refractivity contribution in [3.05, 3.63) is 83.4 Å². The van der Waals surface area contributed by atoms with Crippen LogP contribution in [0.2, 0.25) is 0 Å². The van der Waals surface area contributed by atoms with E-state index in [4.69, 9.17) is 0 Å². The third kappa shape index (κ3) is 5.63. The highest BCUT2D eigenvalue weighted by Crippen LogP contribution is 2.31. The Morgan fingerprint density at radius 1 is 0.917 bits per heavy atom. The number of benzene rings is 3. The van der Waals surface area contributed by atoms with E-state index in [2.05, 4.69) is 40.5 Å². The minimum atomic E-state index is -0.130. The van der Waals surface area contributed by atoms with E-state index < -0.39 is 0 Å². The molecular formula is C30H34ClN3O2. The number of amides is 2. The van der Waals surface area contributed by atoms with Crippen molar-refractivity contribution in [1.29, 1.82) is 0 Å². The van der Waals surface area contributed by atoms with E-state index in [1.54, 1.807) is 4.90 Å². The van der Waals surface area contributed by atoms with Crippen LogP contribution in [0.4, 0.5) is 11.4 Å². The largest absolute Gasteiger partial charge is 0.322 e. The monoisotopic (exact) mass is 503 g/mol. The van der Waals surface area contributed by atoms with Crippen LogP contribution in [0, 0.1) is 0 Å². The van der Waals surface area contributed by atoms with Crippen LogP contribution in [0.1, 0.15) is 54.1 Å². The summed E-state index contributed by atoms with van der Waals surface area (Å²) in [6, 6.07) is 22.3. The van der Waals surface area contributed by atoms with Crippen molar-refractivity contribution in [2.45, 2.75) is 45.6 Å². The number of rotatable bonds is 6. The third-order valence-electron chi connectivity index (χ3n) is 7.15. The van der Waals surface area contributed by atoms with E-state index >= 15 is 0 Å². The molecule has 1 N–H and O–H groups in total. The summed E-state index contributed by atoms with van der Waals surface area (Å²) < 4.78 is 0. The van der Waals surface area contributed by atoms with Crippen molar-refractivity contribution in [3.8, 4) is 11.1 Å². The average molecular weight is 504 g/mol. The Bertz CT molecular complexity index is 1220. The highest BCUT2D eigenvalue weighted by molar-refractivity contribution is 6.05. The molecule has 0 unspecified atom stereocenters. The Labute approximate surface area is 219 Å². The van der Waals surface area contributed by atoms with Gasteiger partial charge in [0.15, 0.2) is 0 Å². The number of nitrogens with one attached hydrogen (secondary N) is 1. The fourth-order valence-electron chi connectivity index (χ4n) is 5.29. The second-order valence-corrected chi connectivity index (χ2v) is 9.51. The van der Waals surface area contributed by atoms with Gasteiger partial charge in [0, 0.05) is 36.4 Å². The summed E-state index contributed by atoms with van der Waals surface area (Å²) >= 11 is 0. The molecule has 5 nitrogen and oxygen atoms in total. The van der Waals surface area contributed by atoms with Crippen molar-refractivity contribution >= 4 is 35.6 Å². The lowest BCUT2D eigenvalue weighted by Gasteiger charge is -2.29. The molecule has 0 aromatic heterocycles. The van der Waals surface area contributed by atoms with Gasteiger partial charge in [0.1, 0.15) is 0 Å². The molecule has 6 heteroatoms. The van der Waals surface area contributed by atoms with E-state index in [9.17, 15) is 9.59 Å². The van der Waals surface area contributed by atoms with Crippen LogP contribution in [-0.4, -0.2) is 36.3 Å². The summed E-state index contributed by atoms with van der Waals surface area (Å²) in [5.74, 6) is 0.0111. The third-order valence-corrected chi connectivity index (χ3v) is 7.15. The Balaban J connectivity index is 0.00000304. The number of halogens is 1. The molecule has 0 atom stereocenters. The van der Waals surface area contributed by atoms with Crippen molar-refractivity contribution in [3.63, 3.8) is 0 Å². The molecule has 3 aromatic carbocycles. The molecule has 3 aromatic rings. The van der Waals surface area contributed by atoms with Gasteiger partial charge < -0.3 is 10.2 Å². The molecule has 2 aliphatic heterocycles. The second kappa shape index (κ2) is 11.7. The number of anilines is 2. The van der Waals surface area contributed by atoms with Gasteiger partial charge in [-0.1, -0.05) is 48.9 Å². The van der Waals surface area contributed by atoms with Gasteiger partial charge >= 0.3 is 0 Å². The summed E-state index contributed by atoms with van der Waals surface area (Å²) in [5, 5.41) is 3.07. The predicted molar refractivity (Wildman–Crippen MR) is 149 cm³/mol. The summed E-state index contributed by atoms with van der Waals surface area (Å²) in [5.41, 5.74) is 6.96. The van der Waals surface area contributed by atoms with E-state index in [1.165, 1.54) is 36.0 Å². The van der Waals surface area contributed by atoms with E-state index in [0.717, 1.165) is 37.3 Å². The van der Waals surface area contributed by atoms with Gasteiger partial charge in [-0.2, -0.15) is 0 Å². The Morgan fingerprint density at radius 3 is 2.44 bits per heavy atom. The predicted octanol–water partition coefficient (Wildman–Crippen LogP) is 6.31. The molecule has 0 radical (unpaired) electrons. The normalized spacial score (nSPS) is 15.7. The number of piperidine rings is 1. The topological polar surface area (TPSA) is 52.7 Å². The highest BCUT2D eigenvalue weighted by atomic mass is 35.5. The summed E-state index contributed by atoms with van der Waals surface area (Å²) in [7, 11) is 0. The Hall–Kier alpha value is -3.15. The maximum atomic E-state index is 13.3. The minimum Gasteiger partial charge on any atom is -0.322 e. The maximum absolute atomic E-state index is 13.3. The van der Waals surface area contributed by atoms with Gasteiger partial charge in [0.05, 0.1) is 0 Å². The van der Waals surface area contributed by atoms with Gasteiger partial charge in [0.25, 0.3) is 5.91 Å². The fourth-order valence-corrected chi connectivity index (χ4v) is 5.29. The molecule has 0 saturated carbocycles. The fraction of sp³-hybridized carbons (Fsp3) is 0.333. The number of aryl methyl sites for hydroxylation is 1. The molecule has 1 saturated heterocycles. The average Bonchev–Trinajstić information content (AvgIpc) is 2.89. The van der Waals surface area contributed by atoms with Gasteiger partial charge in [-0.15, -0.1) is 12.4 Å². The zero-order valence-electron chi connectivity index (χ0n) is 20.8. The van der Waals surface area contributed by atoms with Crippen LogP contribution in [0.3, 0.4) is 0 Å². The van der Waals surface area contributed by atoms with Crippen LogP contribution in [0.25, 0.3) is 11.1 Å². The molecule has 0 spiro atoms. The molecule has 188 valence electrons. The first kappa shape index (κ1) is 25.9. The first-order valence-corrected chi connectivity index (χ1v) is 12.8. The molecule has 0 bridgehead atoms. The summed E-state index contributed by atoms with van der Waals surface area (Å²) in [6.45, 7) is 5.66. The molecule has 1 fully saturated rings. The number of nitrogens with zero attached hydrogens (tertiary/aromatic N) is 2. The van der Waals surface area contributed by atoms with Crippen LogP contribution in [0.15, 0.2) is 66.7 Å². The van der Waals surface area contributed by atoms with Crippen molar-refractivity contribution in [1.82, 2.24) is 4.90 Å². The standard InChI is InChI=1S/C30H33N3O2.ClH/c1-2-33-28-20-26(14-11-23(28)13-16-29(33)34)31-30(35)24-12-15-27(22-9-5-3-6-10-22)25(19-24)21-32-17-7-4-8-18-32;/h3,5-6,9-12,14-15,19-20H,2,4,7-8,13,16-18,21H2,1H3,(H,31,35);1H. The lowest BCUT2D eigenvalue weighted by molar-refractivity contribution is -0.118. The second-order valence-electron chi connectivity index (χ2n) is 9.51. The maximum Gasteiger partial charge on any atom is 0.255 e. The van der Waals surface area contributed by atoms with E-state index in [0.29, 0.717) is 24.2 Å². The molecular weight excluding hydrogens is 470 g/mol. The number of carbonyl (C=O) groups is 2. The first-order chi connectivity index (χ1) is 17.1. The van der Waals surface area contributed by atoms with Crippen molar-refractivity contribution in [2.24, 2.45) is 0 Å². The Morgan fingerprint density at radius 2 is 1.69 bits per heavy atom. The zero-order chi connectivity index (χ0) is 24.2.